The first-order valence-corrected chi connectivity index (χ1v) is 31.0. The van der Waals surface area contributed by atoms with Crippen molar-refractivity contribution in [2.24, 2.45) is 11.8 Å². The van der Waals surface area contributed by atoms with E-state index in [0.29, 0.717) is 11.8 Å². The Morgan fingerprint density at radius 1 is 0.282 bits per heavy atom. The maximum Gasteiger partial charge on any atom is 0.159 e. The smallest absolute Gasteiger partial charge is 0.159 e. The van der Waals surface area contributed by atoms with Gasteiger partial charge in [0.05, 0.1) is 11.4 Å². The van der Waals surface area contributed by atoms with Gasteiger partial charge in [-0.3, -0.25) is 0 Å². The third-order valence-electron chi connectivity index (χ3n) is 19.8. The third-order valence-corrected chi connectivity index (χ3v) is 19.8. The summed E-state index contributed by atoms with van der Waals surface area (Å²) in [6, 6.07) is 94.1. The molecule has 0 aliphatic heterocycles. The minimum absolute atomic E-state index is 0.154. The first-order valence-electron chi connectivity index (χ1n) is 31.0. The molecule has 2 heterocycles. The predicted octanol–water partition coefficient (Wildman–Crippen LogP) is 23.5. The number of nitrogens with zero attached hydrogens (tertiary/aromatic N) is 2. The predicted molar refractivity (Wildman–Crippen MR) is 356 cm³/mol. The van der Waals surface area contributed by atoms with Crippen LogP contribution in [0.15, 0.2) is 264 Å². The zero-order valence-electron chi connectivity index (χ0n) is 47.7. The lowest BCUT2D eigenvalue weighted by Crippen LogP contribution is -2.44. The minimum Gasteiger partial charge on any atom is -0.453 e. The summed E-state index contributed by atoms with van der Waals surface area (Å²) >= 11 is 0. The number of hydrogen-bond donors (Lipinski definition) is 0. The molecule has 0 amide bonds. The monoisotopic (exact) mass is 1100 g/mol. The lowest BCUT2D eigenvalue weighted by atomic mass is 9.54. The summed E-state index contributed by atoms with van der Waals surface area (Å²) in [5, 5.41) is 9.82. The number of anilines is 6. The van der Waals surface area contributed by atoms with Crippen LogP contribution in [0.1, 0.15) is 75.3 Å². The molecule has 0 radical (unpaired) electrons. The summed E-state index contributed by atoms with van der Waals surface area (Å²) in [5.74, 6) is 1.05. The molecule has 4 nitrogen and oxygen atoms in total. The van der Waals surface area contributed by atoms with Crippen LogP contribution in [-0.4, -0.2) is 0 Å². The van der Waals surface area contributed by atoms with Gasteiger partial charge in [0.25, 0.3) is 0 Å². The van der Waals surface area contributed by atoms with Crippen LogP contribution in [0.2, 0.25) is 0 Å². The summed E-state index contributed by atoms with van der Waals surface area (Å²) in [4.78, 5) is 4.84. The maximum absolute atomic E-state index is 7.14. The second kappa shape index (κ2) is 20.3. The highest BCUT2D eigenvalue weighted by atomic mass is 16.3. The average molecular weight is 1100 g/mol. The lowest BCUT2D eigenvalue weighted by Gasteiger charge is -2.49. The fourth-order valence-corrected chi connectivity index (χ4v) is 16.3. The topological polar surface area (TPSA) is 32.8 Å². The van der Waals surface area contributed by atoms with Gasteiger partial charge < -0.3 is 18.6 Å². The molecule has 2 aromatic heterocycles. The Labute approximate surface area is 496 Å². The lowest BCUT2D eigenvalue weighted by molar-refractivity contribution is 0.140. The highest BCUT2D eigenvalue weighted by molar-refractivity contribution is 6.16. The first-order chi connectivity index (χ1) is 42.2. The minimum atomic E-state index is -0.154. The van der Waals surface area contributed by atoms with E-state index in [9.17, 15) is 0 Å². The molecule has 4 heteroatoms. The van der Waals surface area contributed by atoms with E-state index in [1.807, 2.05) is 0 Å². The van der Waals surface area contributed by atoms with Gasteiger partial charge in [-0.25, -0.2) is 0 Å². The van der Waals surface area contributed by atoms with E-state index in [1.165, 1.54) is 96.9 Å². The van der Waals surface area contributed by atoms with Gasteiger partial charge >= 0.3 is 0 Å². The number of benzene rings is 12. The molecule has 0 spiro atoms. The van der Waals surface area contributed by atoms with E-state index in [1.54, 1.807) is 11.1 Å². The highest BCUT2D eigenvalue weighted by Gasteiger charge is 2.55. The molecule has 0 N–H and O–H groups in total. The van der Waals surface area contributed by atoms with Gasteiger partial charge in [-0.2, -0.15) is 0 Å². The number of hydrogen-bond acceptors (Lipinski definition) is 4. The molecular formula is C81H64N2O2. The van der Waals surface area contributed by atoms with Crippen molar-refractivity contribution in [2.45, 2.75) is 69.6 Å². The van der Waals surface area contributed by atoms with Gasteiger partial charge in [-0.15, -0.1) is 0 Å². The van der Waals surface area contributed by atoms with E-state index < -0.39 is 0 Å². The molecule has 85 heavy (non-hydrogen) atoms. The molecule has 410 valence electrons. The van der Waals surface area contributed by atoms with E-state index >= 15 is 0 Å². The fourth-order valence-electron chi connectivity index (χ4n) is 16.3. The van der Waals surface area contributed by atoms with Gasteiger partial charge in [0, 0.05) is 60.8 Å². The Balaban J connectivity index is 0.848. The molecule has 2 fully saturated rings. The standard InChI is InChI=1S/C81H64N2O2/c1-7-23-53(24-8-1)65-35-19-37-69-71-39-21-41-73(79(71)84-77(65)69)82(59-31-15-5-16-32-59)61-45-49-63-55(51-61)43-47-67-68-48-44-56-52-62(46-50-64(56)76(68)81(75(63)67,57-27-11-3-12-28-57)58-29-13-4-14-30-58)83(60-33-17-6-18-34-60)74-42-22-40-72-70-38-20-36-66(78(70)85-80(72)74)54-25-9-2-10-26-54/h1-2,5-10,15-26,31-52,57-58H,3-4,11-14,27-30H2. The normalized spacial score (nSPS) is 15.3. The van der Waals surface area contributed by atoms with Crippen molar-refractivity contribution in [1.82, 2.24) is 0 Å². The maximum atomic E-state index is 7.14. The van der Waals surface area contributed by atoms with Crippen molar-refractivity contribution >= 4 is 99.5 Å². The second-order valence-electron chi connectivity index (χ2n) is 24.3. The van der Waals surface area contributed by atoms with Crippen LogP contribution in [0.5, 0.6) is 0 Å². The molecule has 0 atom stereocenters. The van der Waals surface area contributed by atoms with E-state index in [0.717, 1.165) is 100 Å². The fraction of sp³-hybridized carbons (Fsp3) is 0.160. The Morgan fingerprint density at radius 3 is 1.07 bits per heavy atom. The zero-order chi connectivity index (χ0) is 56.0. The molecule has 3 aliphatic carbocycles. The van der Waals surface area contributed by atoms with Crippen molar-refractivity contribution < 1.29 is 8.83 Å². The van der Waals surface area contributed by atoms with Crippen molar-refractivity contribution in [1.29, 1.82) is 0 Å². The Morgan fingerprint density at radius 2 is 0.659 bits per heavy atom. The van der Waals surface area contributed by atoms with E-state index in [4.69, 9.17) is 8.83 Å². The highest BCUT2D eigenvalue weighted by Crippen LogP contribution is 2.65. The van der Waals surface area contributed by atoms with Crippen molar-refractivity contribution in [2.75, 3.05) is 9.80 Å². The summed E-state index contributed by atoms with van der Waals surface area (Å²) in [6.45, 7) is 0. The number of furan rings is 2. The van der Waals surface area contributed by atoms with Crippen LogP contribution < -0.4 is 9.80 Å². The summed E-state index contributed by atoms with van der Waals surface area (Å²) in [5.41, 5.74) is 20.4. The Kier molecular flexibility index (Phi) is 11.9. The molecular weight excluding hydrogens is 1030 g/mol. The molecule has 12 aromatic carbocycles. The zero-order valence-corrected chi connectivity index (χ0v) is 47.7. The van der Waals surface area contributed by atoms with Crippen LogP contribution in [0.25, 0.3) is 98.8 Å². The van der Waals surface area contributed by atoms with Crippen LogP contribution >= 0.6 is 0 Å². The summed E-state index contributed by atoms with van der Waals surface area (Å²) in [6.07, 6.45) is 12.8. The number of para-hydroxylation sites is 6. The van der Waals surface area contributed by atoms with E-state index in [-0.39, 0.29) is 5.41 Å². The van der Waals surface area contributed by atoms with Gasteiger partial charge in [0.2, 0.25) is 0 Å². The third kappa shape index (κ3) is 7.87. The molecule has 3 aliphatic rings. The number of fused-ring (bicyclic) bond motifs is 13. The van der Waals surface area contributed by atoms with Crippen LogP contribution in [0, 0.1) is 11.8 Å². The summed E-state index contributed by atoms with van der Waals surface area (Å²) < 4.78 is 14.3. The van der Waals surface area contributed by atoms with Crippen LogP contribution in [-0.2, 0) is 5.41 Å². The largest absolute Gasteiger partial charge is 0.453 e. The van der Waals surface area contributed by atoms with Crippen molar-refractivity contribution in [3.63, 3.8) is 0 Å². The first kappa shape index (κ1) is 49.9. The Hall–Kier alpha value is -9.64. The Bertz CT molecular complexity index is 4550. The molecule has 0 bridgehead atoms. The second-order valence-corrected chi connectivity index (χ2v) is 24.3. The molecule has 0 unspecified atom stereocenters. The van der Waals surface area contributed by atoms with Crippen LogP contribution in [0.4, 0.5) is 34.1 Å². The quantitative estimate of drug-likeness (QED) is 0.137. The van der Waals surface area contributed by atoms with Crippen molar-refractivity contribution in [3.05, 3.63) is 266 Å². The molecule has 17 rings (SSSR count). The SMILES string of the molecule is c1ccc(-c2cccc3c2oc2c(N(c4ccccc4)c4ccc5c6c(ccc5c4)-c4ccc5cc(N(c7ccccc7)c7cccc8c7oc7c(-c9ccccc9)cccc78)ccc5c4C6(C4CCCCC4)C4CCCCC4)cccc23)cc1. The van der Waals surface area contributed by atoms with E-state index in [2.05, 4.69) is 265 Å². The summed E-state index contributed by atoms with van der Waals surface area (Å²) in [7, 11) is 0. The van der Waals surface area contributed by atoms with Crippen molar-refractivity contribution in [3.8, 4) is 33.4 Å². The van der Waals surface area contributed by atoms with Gasteiger partial charge in [-0.1, -0.05) is 233 Å². The average Bonchev–Trinajstić information content (AvgIpc) is 1.63. The van der Waals surface area contributed by atoms with Gasteiger partial charge in [0.1, 0.15) is 11.2 Å². The molecule has 0 saturated heterocycles. The number of rotatable bonds is 10. The van der Waals surface area contributed by atoms with Gasteiger partial charge in [0.15, 0.2) is 11.2 Å². The molecule has 14 aromatic rings. The molecule has 2 saturated carbocycles. The van der Waals surface area contributed by atoms with Gasteiger partial charge in [-0.05, 0) is 153 Å². The van der Waals surface area contributed by atoms with Crippen LogP contribution in [0.3, 0.4) is 0 Å².